The van der Waals surface area contributed by atoms with E-state index in [0.717, 1.165) is 57.5 Å². The minimum Gasteiger partial charge on any atom is -0.393 e. The molecule has 5 heteroatoms. The first-order chi connectivity index (χ1) is 16.1. The maximum Gasteiger partial charge on any atom is 0.220 e. The van der Waals surface area contributed by atoms with Gasteiger partial charge in [-0.15, -0.1) is 0 Å². The Bertz CT molecular complexity index is 713. The molecule has 0 saturated heterocycles. The molecule has 4 rings (SSSR count). The second kappa shape index (κ2) is 10.4. The van der Waals surface area contributed by atoms with Gasteiger partial charge in [0, 0.05) is 13.0 Å². The number of hydrogen-bond donors (Lipinski definition) is 3. The molecular weight excluding hydrogens is 424 g/mol. The fourth-order valence-corrected chi connectivity index (χ4v) is 9.43. The highest BCUT2D eigenvalue weighted by Gasteiger charge is 2.63. The van der Waals surface area contributed by atoms with Crippen LogP contribution in [0.4, 0.5) is 0 Å². The number of carbonyl (C=O) groups excluding carboxylic acids is 1. The Morgan fingerprint density at radius 3 is 2.56 bits per heavy atom. The Morgan fingerprint density at radius 1 is 1.06 bits per heavy atom. The number of hydrogen-bond acceptors (Lipinski definition) is 4. The second-order valence-corrected chi connectivity index (χ2v) is 13.4. The molecule has 4 fully saturated rings. The zero-order valence-corrected chi connectivity index (χ0v) is 22.6. The Kier molecular flexibility index (Phi) is 8.06. The average Bonchev–Trinajstić information content (AvgIpc) is 3.15. The molecule has 0 spiro atoms. The van der Waals surface area contributed by atoms with Crippen LogP contribution in [0.2, 0.25) is 0 Å². The standard InChI is InChI=1S/C29H52N2O3/c1-19(7-12-27(34)30-15-6-16-31(4)5)23-10-11-24-22-9-8-20-17-21(32)13-14-28(20,2)25(22)18-26(33)29(23,24)3/h19-26,32-33H,6-18H2,1-5H3,(H,30,34)/t19-,20?,21-,22?,23?,24?,25?,26+,28?,29?/m1/s1. The molecule has 0 bridgehead atoms. The molecule has 0 radical (unpaired) electrons. The molecule has 0 aromatic heterocycles. The van der Waals surface area contributed by atoms with Crippen LogP contribution in [0.15, 0.2) is 0 Å². The third-order valence-corrected chi connectivity index (χ3v) is 11.4. The van der Waals surface area contributed by atoms with Crippen molar-refractivity contribution >= 4 is 5.91 Å². The van der Waals surface area contributed by atoms with Crippen LogP contribution in [-0.2, 0) is 4.79 Å². The number of rotatable bonds is 8. The van der Waals surface area contributed by atoms with Crippen molar-refractivity contribution in [2.75, 3.05) is 27.2 Å². The van der Waals surface area contributed by atoms with E-state index in [1.165, 1.54) is 25.7 Å². The number of aliphatic hydroxyl groups excluding tert-OH is 2. The molecule has 196 valence electrons. The van der Waals surface area contributed by atoms with Crippen LogP contribution in [0, 0.1) is 46.3 Å². The number of amides is 1. The molecule has 5 nitrogen and oxygen atoms in total. The van der Waals surface area contributed by atoms with E-state index in [4.69, 9.17) is 0 Å². The topological polar surface area (TPSA) is 72.8 Å². The predicted molar refractivity (Wildman–Crippen MR) is 137 cm³/mol. The smallest absolute Gasteiger partial charge is 0.220 e. The largest absolute Gasteiger partial charge is 0.393 e. The minimum atomic E-state index is -0.240. The van der Waals surface area contributed by atoms with Gasteiger partial charge in [0.15, 0.2) is 0 Å². The number of nitrogens with one attached hydrogen (secondary N) is 1. The SMILES string of the molecule is C[C@H](CCC(=O)NCCCN(C)C)C1CCC2C3CCC4C[C@H](O)CCC4(C)C3C[C@H](O)C21C. The molecule has 34 heavy (non-hydrogen) atoms. The fourth-order valence-electron chi connectivity index (χ4n) is 9.43. The van der Waals surface area contributed by atoms with Crippen LogP contribution in [0.3, 0.4) is 0 Å². The fraction of sp³-hybridized carbons (Fsp3) is 0.966. The van der Waals surface area contributed by atoms with Gasteiger partial charge in [0.25, 0.3) is 0 Å². The molecule has 10 atom stereocenters. The highest BCUT2D eigenvalue weighted by molar-refractivity contribution is 5.75. The van der Waals surface area contributed by atoms with Crippen molar-refractivity contribution in [2.24, 2.45) is 46.3 Å². The van der Waals surface area contributed by atoms with Crippen molar-refractivity contribution in [3.8, 4) is 0 Å². The number of nitrogens with zero attached hydrogens (tertiary/aromatic N) is 1. The van der Waals surface area contributed by atoms with Gasteiger partial charge in [-0.25, -0.2) is 0 Å². The lowest BCUT2D eigenvalue weighted by Gasteiger charge is -2.62. The lowest BCUT2D eigenvalue weighted by molar-refractivity contribution is -0.174. The van der Waals surface area contributed by atoms with Crippen molar-refractivity contribution in [3.05, 3.63) is 0 Å². The molecule has 0 aliphatic heterocycles. The van der Waals surface area contributed by atoms with E-state index in [2.05, 4.69) is 45.1 Å². The lowest BCUT2D eigenvalue weighted by atomic mass is 9.43. The summed E-state index contributed by atoms with van der Waals surface area (Å²) in [5.74, 6) is 3.72. The molecule has 4 aliphatic rings. The minimum absolute atomic E-state index is 0.0137. The summed E-state index contributed by atoms with van der Waals surface area (Å²) in [5.41, 5.74) is 0.277. The highest BCUT2D eigenvalue weighted by Crippen LogP contribution is 2.68. The first-order valence-electron chi connectivity index (χ1n) is 14.3. The van der Waals surface area contributed by atoms with Crippen molar-refractivity contribution < 1.29 is 15.0 Å². The quantitative estimate of drug-likeness (QED) is 0.452. The summed E-state index contributed by atoms with van der Waals surface area (Å²) in [6.45, 7) is 8.97. The molecule has 0 heterocycles. The van der Waals surface area contributed by atoms with Crippen LogP contribution in [0.1, 0.15) is 91.4 Å². The first kappa shape index (κ1) is 26.4. The summed E-state index contributed by atoms with van der Waals surface area (Å²) in [7, 11) is 4.12. The monoisotopic (exact) mass is 476 g/mol. The van der Waals surface area contributed by atoms with Crippen molar-refractivity contribution in [1.29, 1.82) is 0 Å². The number of fused-ring (bicyclic) bond motifs is 5. The average molecular weight is 477 g/mol. The van der Waals surface area contributed by atoms with Crippen LogP contribution >= 0.6 is 0 Å². The van der Waals surface area contributed by atoms with E-state index in [1.807, 2.05) is 0 Å². The summed E-state index contributed by atoms with van der Waals surface area (Å²) < 4.78 is 0. The number of carbonyl (C=O) groups is 1. The second-order valence-electron chi connectivity index (χ2n) is 13.4. The van der Waals surface area contributed by atoms with Crippen molar-refractivity contribution in [2.45, 2.75) is 104 Å². The maximum absolute atomic E-state index is 12.4. The van der Waals surface area contributed by atoms with Gasteiger partial charge in [0.1, 0.15) is 0 Å². The first-order valence-corrected chi connectivity index (χ1v) is 14.3. The summed E-state index contributed by atoms with van der Waals surface area (Å²) in [5, 5.41) is 25.1. The normalized spacial score (nSPS) is 44.8. The summed E-state index contributed by atoms with van der Waals surface area (Å²) in [6.07, 6.45) is 11.1. The summed E-state index contributed by atoms with van der Waals surface area (Å²) in [4.78, 5) is 14.6. The van der Waals surface area contributed by atoms with E-state index in [9.17, 15) is 15.0 Å². The molecule has 4 saturated carbocycles. The molecule has 0 aromatic rings. The van der Waals surface area contributed by atoms with Gasteiger partial charge in [0.05, 0.1) is 12.2 Å². The maximum atomic E-state index is 12.4. The zero-order valence-electron chi connectivity index (χ0n) is 22.6. The predicted octanol–water partition coefficient (Wildman–Crippen LogP) is 4.46. The van der Waals surface area contributed by atoms with Crippen LogP contribution in [0.25, 0.3) is 0 Å². The molecule has 4 aliphatic carbocycles. The molecule has 3 N–H and O–H groups in total. The van der Waals surface area contributed by atoms with E-state index in [0.29, 0.717) is 41.4 Å². The lowest BCUT2D eigenvalue weighted by Crippen LogP contribution is -2.58. The Morgan fingerprint density at radius 2 is 1.82 bits per heavy atom. The van der Waals surface area contributed by atoms with Gasteiger partial charge < -0.3 is 20.4 Å². The van der Waals surface area contributed by atoms with E-state index < -0.39 is 0 Å². The summed E-state index contributed by atoms with van der Waals surface area (Å²) >= 11 is 0. The molecule has 7 unspecified atom stereocenters. The van der Waals surface area contributed by atoms with Crippen molar-refractivity contribution in [1.82, 2.24) is 10.2 Å². The Labute approximate surface area is 208 Å². The number of aliphatic hydroxyl groups is 2. The third-order valence-electron chi connectivity index (χ3n) is 11.4. The van der Waals surface area contributed by atoms with Gasteiger partial charge in [-0.2, -0.15) is 0 Å². The highest BCUT2D eigenvalue weighted by atomic mass is 16.3. The van der Waals surface area contributed by atoms with E-state index in [1.54, 1.807) is 0 Å². The Hall–Kier alpha value is -0.650. The van der Waals surface area contributed by atoms with E-state index in [-0.39, 0.29) is 23.5 Å². The summed E-state index contributed by atoms with van der Waals surface area (Å²) in [6, 6.07) is 0. The zero-order chi connectivity index (χ0) is 24.7. The van der Waals surface area contributed by atoms with Crippen LogP contribution in [-0.4, -0.2) is 60.4 Å². The van der Waals surface area contributed by atoms with Gasteiger partial charge in [-0.05, 0) is 131 Å². The molecule has 1 amide bonds. The Balaban J connectivity index is 1.37. The van der Waals surface area contributed by atoms with Gasteiger partial charge >= 0.3 is 0 Å². The van der Waals surface area contributed by atoms with Crippen molar-refractivity contribution in [3.63, 3.8) is 0 Å². The third kappa shape index (κ3) is 4.83. The van der Waals surface area contributed by atoms with Gasteiger partial charge in [0.2, 0.25) is 5.91 Å². The molecule has 0 aromatic carbocycles. The van der Waals surface area contributed by atoms with Crippen LogP contribution in [0.5, 0.6) is 0 Å². The van der Waals surface area contributed by atoms with Gasteiger partial charge in [-0.1, -0.05) is 20.8 Å². The van der Waals surface area contributed by atoms with Gasteiger partial charge in [-0.3, -0.25) is 4.79 Å². The van der Waals surface area contributed by atoms with E-state index >= 15 is 0 Å². The van der Waals surface area contributed by atoms with Crippen LogP contribution < -0.4 is 5.32 Å². The molecular formula is C29H52N2O3.